The van der Waals surface area contributed by atoms with Gasteiger partial charge in [-0.05, 0) is 31.0 Å². The van der Waals surface area contributed by atoms with Gasteiger partial charge in [0.1, 0.15) is 5.54 Å². The molecule has 0 amide bonds. The lowest BCUT2D eigenvalue weighted by atomic mass is 9.90. The number of aliphatic carboxylic acids is 1. The van der Waals surface area contributed by atoms with E-state index >= 15 is 0 Å². The van der Waals surface area contributed by atoms with Crippen LogP contribution in [0.1, 0.15) is 38.5 Å². The lowest BCUT2D eigenvalue weighted by molar-refractivity contribution is -0.142. The van der Waals surface area contributed by atoms with Gasteiger partial charge in [-0.1, -0.05) is 43.4 Å². The van der Waals surface area contributed by atoms with Crippen molar-refractivity contribution in [2.45, 2.75) is 44.1 Å². The van der Waals surface area contributed by atoms with Gasteiger partial charge < -0.3 is 10.4 Å². The van der Waals surface area contributed by atoms with Crippen LogP contribution in [0.15, 0.2) is 24.3 Å². The quantitative estimate of drug-likeness (QED) is 0.816. The largest absolute Gasteiger partial charge is 0.480 e. The Kier molecular flexibility index (Phi) is 4.12. The molecule has 0 spiro atoms. The van der Waals surface area contributed by atoms with Gasteiger partial charge in [-0.3, -0.25) is 0 Å². The Labute approximate surface area is 112 Å². The molecule has 0 bridgehead atoms. The number of nitrogens with one attached hydrogen (secondary N) is 1. The molecule has 2 N–H and O–H groups in total. The molecule has 0 heterocycles. The van der Waals surface area contributed by atoms with Crippen LogP contribution >= 0.6 is 11.6 Å². The van der Waals surface area contributed by atoms with Gasteiger partial charge in [0.15, 0.2) is 0 Å². The van der Waals surface area contributed by atoms with Crippen LogP contribution in [0.25, 0.3) is 0 Å². The van der Waals surface area contributed by atoms with E-state index in [9.17, 15) is 9.90 Å². The monoisotopic (exact) mass is 267 g/mol. The maximum absolute atomic E-state index is 11.6. The van der Waals surface area contributed by atoms with Crippen molar-refractivity contribution in [2.24, 2.45) is 0 Å². The second-order valence-electron chi connectivity index (χ2n) is 4.94. The molecule has 2 rings (SSSR count). The van der Waals surface area contributed by atoms with Crippen LogP contribution in [-0.2, 0) is 4.79 Å². The predicted octanol–water partition coefficient (Wildman–Crippen LogP) is 3.93. The summed E-state index contributed by atoms with van der Waals surface area (Å²) >= 11 is 5.93. The highest BCUT2D eigenvalue weighted by atomic mass is 35.5. The highest BCUT2D eigenvalue weighted by Crippen LogP contribution is 2.31. The number of carbonyl (C=O) groups is 1. The fraction of sp³-hybridized carbons (Fsp3) is 0.500. The molecule has 3 nitrogen and oxygen atoms in total. The summed E-state index contributed by atoms with van der Waals surface area (Å²) in [6.45, 7) is 0. The van der Waals surface area contributed by atoms with E-state index in [0.717, 1.165) is 31.4 Å². The lowest BCUT2D eigenvalue weighted by Gasteiger charge is -2.30. The molecule has 1 fully saturated rings. The number of carboxylic acid groups (broad SMARTS) is 1. The van der Waals surface area contributed by atoms with Gasteiger partial charge in [0, 0.05) is 10.7 Å². The minimum Gasteiger partial charge on any atom is -0.480 e. The predicted molar refractivity (Wildman–Crippen MR) is 73.1 cm³/mol. The molecule has 98 valence electrons. The first-order valence-electron chi connectivity index (χ1n) is 6.40. The van der Waals surface area contributed by atoms with Crippen LogP contribution in [0.3, 0.4) is 0 Å². The van der Waals surface area contributed by atoms with Gasteiger partial charge in [-0.25, -0.2) is 4.79 Å². The third kappa shape index (κ3) is 2.96. The number of benzene rings is 1. The molecule has 0 aliphatic heterocycles. The molecular formula is C14H18ClNO2. The van der Waals surface area contributed by atoms with Gasteiger partial charge in [0.25, 0.3) is 0 Å². The number of halogens is 1. The molecule has 0 atom stereocenters. The summed E-state index contributed by atoms with van der Waals surface area (Å²) in [4.78, 5) is 11.6. The van der Waals surface area contributed by atoms with E-state index in [1.807, 2.05) is 12.1 Å². The highest BCUT2D eigenvalue weighted by molar-refractivity contribution is 6.30. The van der Waals surface area contributed by atoms with Crippen LogP contribution in [0.5, 0.6) is 0 Å². The first kappa shape index (κ1) is 13.2. The highest BCUT2D eigenvalue weighted by Gasteiger charge is 2.38. The van der Waals surface area contributed by atoms with Crippen LogP contribution in [0, 0.1) is 0 Å². The first-order chi connectivity index (χ1) is 8.62. The average molecular weight is 268 g/mol. The van der Waals surface area contributed by atoms with E-state index in [1.165, 1.54) is 0 Å². The number of hydrogen-bond acceptors (Lipinski definition) is 2. The lowest BCUT2D eigenvalue weighted by Crippen LogP contribution is -2.46. The Balaban J connectivity index is 2.22. The minimum atomic E-state index is -0.832. The molecule has 1 aromatic carbocycles. The summed E-state index contributed by atoms with van der Waals surface area (Å²) in [5.41, 5.74) is -0.0481. The summed E-state index contributed by atoms with van der Waals surface area (Å²) in [5, 5.41) is 13.4. The van der Waals surface area contributed by atoms with Crippen LogP contribution in [0.4, 0.5) is 5.69 Å². The molecule has 1 saturated carbocycles. The molecule has 0 saturated heterocycles. The number of rotatable bonds is 3. The number of hydrogen-bond donors (Lipinski definition) is 2. The zero-order chi connectivity index (χ0) is 13.0. The zero-order valence-electron chi connectivity index (χ0n) is 10.3. The van der Waals surface area contributed by atoms with Crippen molar-refractivity contribution in [2.75, 3.05) is 5.32 Å². The van der Waals surface area contributed by atoms with E-state index in [4.69, 9.17) is 11.6 Å². The van der Waals surface area contributed by atoms with Gasteiger partial charge in [0.05, 0.1) is 0 Å². The third-order valence-corrected chi connectivity index (χ3v) is 3.81. The van der Waals surface area contributed by atoms with Crippen molar-refractivity contribution >= 4 is 23.3 Å². The normalized spacial score (nSPS) is 18.9. The number of carboxylic acids is 1. The Morgan fingerprint density at radius 3 is 2.44 bits per heavy atom. The molecule has 1 aromatic rings. The van der Waals surface area contributed by atoms with Gasteiger partial charge in [-0.15, -0.1) is 0 Å². The van der Waals surface area contributed by atoms with Crippen molar-refractivity contribution in [3.8, 4) is 0 Å². The second-order valence-corrected chi connectivity index (χ2v) is 5.37. The second kappa shape index (κ2) is 5.61. The van der Waals surface area contributed by atoms with Crippen molar-refractivity contribution in [3.63, 3.8) is 0 Å². The van der Waals surface area contributed by atoms with E-state index in [0.29, 0.717) is 17.9 Å². The molecule has 0 radical (unpaired) electrons. The molecular weight excluding hydrogens is 250 g/mol. The van der Waals surface area contributed by atoms with Crippen LogP contribution < -0.4 is 5.32 Å². The molecule has 1 aliphatic rings. The van der Waals surface area contributed by atoms with Crippen molar-refractivity contribution in [3.05, 3.63) is 29.3 Å². The molecule has 1 aliphatic carbocycles. The van der Waals surface area contributed by atoms with Crippen molar-refractivity contribution in [1.29, 1.82) is 0 Å². The summed E-state index contributed by atoms with van der Waals surface area (Å²) in [6, 6.07) is 7.25. The Bertz CT molecular complexity index is 426. The minimum absolute atomic E-state index is 0.620. The number of anilines is 1. The molecule has 0 unspecified atom stereocenters. The first-order valence-corrected chi connectivity index (χ1v) is 6.77. The fourth-order valence-corrected chi connectivity index (χ4v) is 2.76. The maximum atomic E-state index is 11.6. The summed E-state index contributed by atoms with van der Waals surface area (Å²) < 4.78 is 0. The average Bonchev–Trinajstić information content (AvgIpc) is 2.55. The molecule has 0 aromatic heterocycles. The standard InChI is InChI=1S/C14H18ClNO2/c15-11-6-5-7-12(10-11)16-14(13(17)18)8-3-1-2-4-9-14/h5-7,10,16H,1-4,8-9H2,(H,17,18). The van der Waals surface area contributed by atoms with Crippen LogP contribution in [-0.4, -0.2) is 16.6 Å². The molecule has 18 heavy (non-hydrogen) atoms. The van der Waals surface area contributed by atoms with E-state index in [-0.39, 0.29) is 0 Å². The summed E-state index contributed by atoms with van der Waals surface area (Å²) in [5.74, 6) is -0.760. The van der Waals surface area contributed by atoms with Crippen molar-refractivity contribution < 1.29 is 9.90 Å². The van der Waals surface area contributed by atoms with Gasteiger partial charge in [-0.2, -0.15) is 0 Å². The Hall–Kier alpha value is -1.22. The smallest absolute Gasteiger partial charge is 0.329 e. The van der Waals surface area contributed by atoms with Crippen LogP contribution in [0.2, 0.25) is 5.02 Å². The Morgan fingerprint density at radius 1 is 1.22 bits per heavy atom. The zero-order valence-corrected chi connectivity index (χ0v) is 11.0. The third-order valence-electron chi connectivity index (χ3n) is 3.57. The molecule has 4 heteroatoms. The van der Waals surface area contributed by atoms with Crippen molar-refractivity contribution in [1.82, 2.24) is 0 Å². The van der Waals surface area contributed by atoms with E-state index in [2.05, 4.69) is 5.32 Å². The van der Waals surface area contributed by atoms with Gasteiger partial charge in [0.2, 0.25) is 0 Å². The topological polar surface area (TPSA) is 49.3 Å². The van der Waals surface area contributed by atoms with E-state index < -0.39 is 11.5 Å². The van der Waals surface area contributed by atoms with E-state index in [1.54, 1.807) is 12.1 Å². The Morgan fingerprint density at radius 2 is 1.89 bits per heavy atom. The SMILES string of the molecule is O=C(O)C1(Nc2cccc(Cl)c2)CCCCCC1. The fourth-order valence-electron chi connectivity index (χ4n) is 2.57. The summed E-state index contributed by atoms with van der Waals surface area (Å²) in [6.07, 6.45) is 5.50. The maximum Gasteiger partial charge on any atom is 0.329 e. The van der Waals surface area contributed by atoms with Gasteiger partial charge >= 0.3 is 5.97 Å². The summed E-state index contributed by atoms with van der Waals surface area (Å²) in [7, 11) is 0.